The minimum Gasteiger partial charge on any atom is -0.493 e. The van der Waals surface area contributed by atoms with Crippen LogP contribution in [0.4, 0.5) is 0 Å². The molecule has 0 N–H and O–H groups in total. The van der Waals surface area contributed by atoms with E-state index in [4.69, 9.17) is 16.3 Å². The molecule has 1 unspecified atom stereocenters. The van der Waals surface area contributed by atoms with Crippen molar-refractivity contribution in [3.05, 3.63) is 53.4 Å². The number of allylic oxidation sites excluding steroid dienone is 1. The summed E-state index contributed by atoms with van der Waals surface area (Å²) in [7, 11) is 0. The van der Waals surface area contributed by atoms with Crippen LogP contribution in [0, 0.1) is 0 Å². The number of fused-ring (bicyclic) bond motifs is 1. The van der Waals surface area contributed by atoms with Crippen LogP contribution in [-0.4, -0.2) is 10.8 Å². The van der Waals surface area contributed by atoms with Gasteiger partial charge in [0.1, 0.15) is 6.10 Å². The summed E-state index contributed by atoms with van der Waals surface area (Å²) in [6, 6.07) is 7.43. The van der Waals surface area contributed by atoms with Crippen molar-refractivity contribution in [3.8, 4) is 0 Å². The second kappa shape index (κ2) is 4.42. The summed E-state index contributed by atoms with van der Waals surface area (Å²) in [5, 5.41) is 1.53. The Morgan fingerprint density at radius 1 is 1.33 bits per heavy atom. The Kier molecular flexibility index (Phi) is 2.76. The molecular formula is C14H10ClNO2. The van der Waals surface area contributed by atoms with Crippen LogP contribution in [0.15, 0.2) is 42.8 Å². The molecule has 1 atom stereocenters. The topological polar surface area (TPSA) is 39.2 Å². The molecular weight excluding hydrogens is 250 g/mol. The Bertz CT molecular complexity index is 651. The fourth-order valence-corrected chi connectivity index (χ4v) is 2.33. The third kappa shape index (κ3) is 1.87. The fraction of sp³-hybridized carbons (Fsp3) is 0.143. The highest BCUT2D eigenvalue weighted by Crippen LogP contribution is 2.33. The van der Waals surface area contributed by atoms with Gasteiger partial charge in [-0.25, -0.2) is 0 Å². The average molecular weight is 260 g/mol. The summed E-state index contributed by atoms with van der Waals surface area (Å²) in [5.41, 5.74) is 1.69. The van der Waals surface area contributed by atoms with Gasteiger partial charge in [-0.1, -0.05) is 17.7 Å². The van der Waals surface area contributed by atoms with E-state index in [1.165, 1.54) is 12.3 Å². The monoisotopic (exact) mass is 259 g/mol. The van der Waals surface area contributed by atoms with E-state index in [2.05, 4.69) is 4.98 Å². The molecule has 2 aromatic rings. The van der Waals surface area contributed by atoms with Crippen molar-refractivity contribution in [2.45, 2.75) is 12.5 Å². The third-order valence-corrected chi connectivity index (χ3v) is 3.31. The quantitative estimate of drug-likeness (QED) is 0.788. The maximum atomic E-state index is 11.4. The van der Waals surface area contributed by atoms with E-state index in [1.807, 2.05) is 24.3 Å². The fourth-order valence-electron chi connectivity index (χ4n) is 2.11. The molecule has 1 aliphatic rings. The van der Waals surface area contributed by atoms with Crippen LogP contribution in [0.3, 0.4) is 0 Å². The van der Waals surface area contributed by atoms with Crippen LogP contribution in [0.1, 0.15) is 18.1 Å². The first-order valence-corrected chi connectivity index (χ1v) is 6.01. The summed E-state index contributed by atoms with van der Waals surface area (Å²) in [5.74, 6) is 0.0604. The van der Waals surface area contributed by atoms with Crippen LogP contribution in [0.2, 0.25) is 5.02 Å². The summed E-state index contributed by atoms with van der Waals surface area (Å²) >= 11 is 6.13. The molecule has 2 heterocycles. The first-order chi connectivity index (χ1) is 8.75. The Hall–Kier alpha value is -1.87. The molecule has 18 heavy (non-hydrogen) atoms. The molecule has 1 aromatic carbocycles. The summed E-state index contributed by atoms with van der Waals surface area (Å²) in [6.45, 7) is 0. The van der Waals surface area contributed by atoms with Crippen LogP contribution in [-0.2, 0) is 9.53 Å². The lowest BCUT2D eigenvalue weighted by Gasteiger charge is -2.20. The molecule has 3 rings (SSSR count). The third-order valence-electron chi connectivity index (χ3n) is 2.98. The van der Waals surface area contributed by atoms with E-state index < -0.39 is 0 Å². The predicted octanol–water partition coefficient (Wildman–Crippen LogP) is 3.43. The van der Waals surface area contributed by atoms with Gasteiger partial charge in [-0.2, -0.15) is 0 Å². The van der Waals surface area contributed by atoms with Crippen LogP contribution >= 0.6 is 11.6 Å². The molecule has 0 amide bonds. The highest BCUT2D eigenvalue weighted by molar-refractivity contribution is 6.35. The van der Waals surface area contributed by atoms with Gasteiger partial charge in [-0.15, -0.1) is 0 Å². The number of halogens is 1. The lowest BCUT2D eigenvalue weighted by molar-refractivity contribution is -0.118. The van der Waals surface area contributed by atoms with Crippen molar-refractivity contribution in [2.24, 2.45) is 0 Å². The summed E-state index contributed by atoms with van der Waals surface area (Å²) < 4.78 is 5.50. The van der Waals surface area contributed by atoms with Gasteiger partial charge < -0.3 is 4.74 Å². The molecule has 0 saturated carbocycles. The standard InChI is InChI=1S/C14H10ClNO2/c15-12-4-3-11(13-8-9(17)5-7-18-13)14-10(12)2-1-6-16-14/h1-7,13H,8H2. The molecule has 0 fully saturated rings. The zero-order valence-electron chi connectivity index (χ0n) is 9.47. The van der Waals surface area contributed by atoms with E-state index in [1.54, 1.807) is 6.20 Å². The number of ether oxygens (including phenoxy) is 1. The minimum atomic E-state index is -0.280. The highest BCUT2D eigenvalue weighted by Gasteiger charge is 2.21. The van der Waals surface area contributed by atoms with Gasteiger partial charge in [0.05, 0.1) is 18.2 Å². The van der Waals surface area contributed by atoms with Gasteiger partial charge >= 0.3 is 0 Å². The van der Waals surface area contributed by atoms with E-state index in [0.29, 0.717) is 11.4 Å². The zero-order chi connectivity index (χ0) is 12.5. The number of aromatic nitrogens is 1. The number of rotatable bonds is 1. The molecule has 1 aliphatic heterocycles. The Morgan fingerprint density at radius 3 is 3.06 bits per heavy atom. The van der Waals surface area contributed by atoms with Crippen LogP contribution < -0.4 is 0 Å². The minimum absolute atomic E-state index is 0.0604. The summed E-state index contributed by atoms with van der Waals surface area (Å²) in [4.78, 5) is 15.8. The first-order valence-electron chi connectivity index (χ1n) is 5.63. The number of carbonyl (C=O) groups excluding carboxylic acids is 1. The average Bonchev–Trinajstić information content (AvgIpc) is 2.39. The van der Waals surface area contributed by atoms with E-state index >= 15 is 0 Å². The number of nitrogens with zero attached hydrogens (tertiary/aromatic N) is 1. The number of ketones is 1. The maximum absolute atomic E-state index is 11.4. The van der Waals surface area contributed by atoms with Gasteiger partial charge in [0.25, 0.3) is 0 Å². The maximum Gasteiger partial charge on any atom is 0.162 e. The van der Waals surface area contributed by atoms with Crippen molar-refractivity contribution in [2.75, 3.05) is 0 Å². The number of pyridine rings is 1. The molecule has 0 spiro atoms. The second-order valence-corrected chi connectivity index (χ2v) is 4.54. The Morgan fingerprint density at radius 2 is 2.22 bits per heavy atom. The lowest BCUT2D eigenvalue weighted by Crippen LogP contribution is -2.12. The molecule has 0 bridgehead atoms. The molecule has 0 saturated heterocycles. The number of benzene rings is 1. The predicted molar refractivity (Wildman–Crippen MR) is 69.3 cm³/mol. The van der Waals surface area contributed by atoms with E-state index in [0.717, 1.165) is 16.5 Å². The van der Waals surface area contributed by atoms with Gasteiger partial charge in [-0.3, -0.25) is 9.78 Å². The van der Waals surface area contributed by atoms with Crippen molar-refractivity contribution in [1.82, 2.24) is 4.98 Å². The number of hydrogen-bond donors (Lipinski definition) is 0. The molecule has 0 aliphatic carbocycles. The van der Waals surface area contributed by atoms with E-state index in [9.17, 15) is 4.79 Å². The van der Waals surface area contributed by atoms with Crippen molar-refractivity contribution in [3.63, 3.8) is 0 Å². The smallest absolute Gasteiger partial charge is 0.162 e. The van der Waals surface area contributed by atoms with Crippen molar-refractivity contribution < 1.29 is 9.53 Å². The van der Waals surface area contributed by atoms with Gasteiger partial charge in [0.15, 0.2) is 5.78 Å². The summed E-state index contributed by atoms with van der Waals surface area (Å²) in [6.07, 6.45) is 4.66. The molecule has 90 valence electrons. The molecule has 1 aromatic heterocycles. The van der Waals surface area contributed by atoms with E-state index in [-0.39, 0.29) is 11.9 Å². The number of carbonyl (C=O) groups is 1. The Balaban J connectivity index is 2.15. The molecule has 3 nitrogen and oxygen atoms in total. The zero-order valence-corrected chi connectivity index (χ0v) is 10.2. The van der Waals surface area contributed by atoms with Crippen molar-refractivity contribution in [1.29, 1.82) is 0 Å². The first kappa shape index (κ1) is 11.2. The normalized spacial score (nSPS) is 18.9. The molecule has 4 heteroatoms. The number of hydrogen-bond acceptors (Lipinski definition) is 3. The van der Waals surface area contributed by atoms with Gasteiger partial charge in [0, 0.05) is 28.2 Å². The van der Waals surface area contributed by atoms with Gasteiger partial charge in [-0.05, 0) is 18.2 Å². The highest BCUT2D eigenvalue weighted by atomic mass is 35.5. The Labute approximate surface area is 109 Å². The lowest BCUT2D eigenvalue weighted by atomic mass is 9.99. The van der Waals surface area contributed by atoms with Crippen LogP contribution in [0.5, 0.6) is 0 Å². The molecule has 0 radical (unpaired) electrons. The largest absolute Gasteiger partial charge is 0.493 e. The van der Waals surface area contributed by atoms with Crippen molar-refractivity contribution >= 4 is 28.3 Å². The van der Waals surface area contributed by atoms with Gasteiger partial charge in [0.2, 0.25) is 0 Å². The van der Waals surface area contributed by atoms with Crippen LogP contribution in [0.25, 0.3) is 10.9 Å². The second-order valence-electron chi connectivity index (χ2n) is 4.13. The SMILES string of the molecule is O=C1C=COC(c2ccc(Cl)c3cccnc23)C1.